The molecule has 5 N–H and O–H groups in total. The molecule has 12 nitrogen and oxygen atoms in total. The molecule has 1 fully saturated rings. The third-order valence-electron chi connectivity index (χ3n) is 4.12. The largest absolute Gasteiger partial charge is 0.458 e. The Balaban J connectivity index is 2.77. The van der Waals surface area contributed by atoms with Crippen LogP contribution in [0, 0.1) is 0 Å². The summed E-state index contributed by atoms with van der Waals surface area (Å²) < 4.78 is 20.5. The van der Waals surface area contributed by atoms with E-state index in [0.29, 0.717) is 0 Å². The summed E-state index contributed by atoms with van der Waals surface area (Å²) in [6.45, 7) is 9.18. The number of hydrogen-bond donors (Lipinski definition) is 5. The summed E-state index contributed by atoms with van der Waals surface area (Å²) in [5.74, 6) is -1.71. The van der Waals surface area contributed by atoms with E-state index in [2.05, 4.69) is 5.32 Å². The van der Waals surface area contributed by atoms with Crippen molar-refractivity contribution in [3.63, 3.8) is 0 Å². The van der Waals surface area contributed by atoms with Crippen molar-refractivity contribution in [1.29, 1.82) is 0 Å². The van der Waals surface area contributed by atoms with Crippen LogP contribution in [0.5, 0.6) is 0 Å². The second-order valence-electron chi connectivity index (χ2n) is 9.46. The maximum atomic E-state index is 12.5. The lowest BCUT2D eigenvalue weighted by Gasteiger charge is -2.39. The van der Waals surface area contributed by atoms with Gasteiger partial charge in [-0.15, -0.1) is 0 Å². The molecule has 0 spiro atoms. The number of aliphatic hydroxyl groups excluding tert-OH is 4. The molecule has 1 rings (SSSR count). The summed E-state index contributed by atoms with van der Waals surface area (Å²) in [5.41, 5.74) is -1.66. The van der Waals surface area contributed by atoms with Crippen LogP contribution in [0.25, 0.3) is 0 Å². The van der Waals surface area contributed by atoms with Crippen LogP contribution in [0.3, 0.4) is 0 Å². The molecule has 0 saturated carbocycles. The second-order valence-corrected chi connectivity index (χ2v) is 9.46. The van der Waals surface area contributed by atoms with Gasteiger partial charge in [0.05, 0.1) is 6.61 Å². The first-order chi connectivity index (χ1) is 14.5. The zero-order valence-electron chi connectivity index (χ0n) is 19.2. The average Bonchev–Trinajstić information content (AvgIpc) is 2.62. The molecule has 32 heavy (non-hydrogen) atoms. The number of alkyl carbamates (subject to hydrolysis) is 1. The van der Waals surface area contributed by atoms with Gasteiger partial charge in [0, 0.05) is 6.42 Å². The minimum atomic E-state index is -1.75. The highest BCUT2D eigenvalue weighted by molar-refractivity contribution is 5.82. The van der Waals surface area contributed by atoms with Crippen molar-refractivity contribution in [3.8, 4) is 0 Å². The summed E-state index contributed by atoms with van der Waals surface area (Å²) in [4.78, 5) is 36.8. The number of nitrogens with one attached hydrogen (secondary N) is 1. The van der Waals surface area contributed by atoms with Crippen molar-refractivity contribution in [2.24, 2.45) is 0 Å². The normalized spacial score (nSPS) is 27.2. The lowest BCUT2D eigenvalue weighted by atomic mass is 9.99. The Morgan fingerprint density at radius 3 is 2.00 bits per heavy atom. The fourth-order valence-electron chi connectivity index (χ4n) is 2.69. The minimum Gasteiger partial charge on any atom is -0.458 e. The van der Waals surface area contributed by atoms with Crippen molar-refractivity contribution in [3.05, 3.63) is 0 Å². The molecule has 0 aromatic rings. The smallest absolute Gasteiger partial charge is 0.408 e. The highest BCUT2D eigenvalue weighted by Crippen LogP contribution is 2.22. The number of esters is 2. The van der Waals surface area contributed by atoms with Crippen LogP contribution in [-0.2, 0) is 28.5 Å². The molecule has 1 aliphatic rings. The van der Waals surface area contributed by atoms with Gasteiger partial charge in [-0.3, -0.25) is 4.79 Å². The zero-order valence-corrected chi connectivity index (χ0v) is 19.2. The van der Waals surface area contributed by atoms with Gasteiger partial charge in [0.15, 0.2) is 0 Å². The van der Waals surface area contributed by atoms with E-state index in [9.17, 15) is 34.8 Å². The first-order valence-corrected chi connectivity index (χ1v) is 10.3. The van der Waals surface area contributed by atoms with Crippen LogP contribution < -0.4 is 5.32 Å². The fourth-order valence-corrected chi connectivity index (χ4v) is 2.69. The van der Waals surface area contributed by atoms with Crippen LogP contribution >= 0.6 is 0 Å². The zero-order chi connectivity index (χ0) is 24.9. The highest BCUT2D eigenvalue weighted by Gasteiger charge is 2.45. The Kier molecular flexibility index (Phi) is 9.85. The third-order valence-corrected chi connectivity index (χ3v) is 4.12. The standard InChI is InChI=1S/C20H35NO11/c1-19(2,3)31-16(27)10(21-18(28)32-20(4,5)6)7-8-12(23)30-17-15(26)14(25)13(24)11(9-22)29-17/h10-11,13-15,17,22,24-26H,7-9H2,1-6H3,(H,21,28)/t10-,11+,13+,14-,15+,17-/m0/s1. The molecular formula is C20H35NO11. The molecule has 6 atom stereocenters. The molecule has 0 aliphatic carbocycles. The first kappa shape index (κ1) is 28.0. The van der Waals surface area contributed by atoms with Crippen molar-refractivity contribution in [1.82, 2.24) is 5.32 Å². The summed E-state index contributed by atoms with van der Waals surface area (Å²) in [7, 11) is 0. The molecule has 186 valence electrons. The fraction of sp³-hybridized carbons (Fsp3) is 0.850. The van der Waals surface area contributed by atoms with E-state index in [1.807, 2.05) is 0 Å². The van der Waals surface area contributed by atoms with Crippen LogP contribution in [0.4, 0.5) is 4.79 Å². The molecule has 1 amide bonds. The van der Waals surface area contributed by atoms with Crippen molar-refractivity contribution < 1.29 is 53.8 Å². The average molecular weight is 465 g/mol. The Hall–Kier alpha value is -1.99. The number of aliphatic hydroxyl groups is 4. The molecule has 0 radical (unpaired) electrons. The summed E-state index contributed by atoms with van der Waals surface area (Å²) in [6, 6.07) is -1.23. The number of amides is 1. The molecule has 0 unspecified atom stereocenters. The van der Waals surface area contributed by atoms with E-state index in [1.165, 1.54) is 0 Å². The van der Waals surface area contributed by atoms with Crippen molar-refractivity contribution in [2.45, 2.75) is 102 Å². The Bertz CT molecular complexity index is 653. The summed E-state index contributed by atoms with van der Waals surface area (Å²) in [5, 5.41) is 41.0. The molecule has 0 aromatic carbocycles. The van der Waals surface area contributed by atoms with Crippen molar-refractivity contribution >= 4 is 18.0 Å². The SMILES string of the molecule is CC(C)(C)OC(=O)N[C@@H](CCC(=O)O[C@@H]1O[C@H](CO)[C@@H](O)[C@H](O)[C@H]1O)C(=O)OC(C)(C)C. The maximum Gasteiger partial charge on any atom is 0.408 e. The van der Waals surface area contributed by atoms with E-state index < -0.39 is 79.0 Å². The van der Waals surface area contributed by atoms with Gasteiger partial charge in [0.1, 0.15) is 41.7 Å². The molecule has 1 heterocycles. The molecule has 0 aromatic heterocycles. The van der Waals surface area contributed by atoms with Crippen LogP contribution in [0.2, 0.25) is 0 Å². The quantitative estimate of drug-likeness (QED) is 0.238. The van der Waals surface area contributed by atoms with Gasteiger partial charge in [-0.25, -0.2) is 9.59 Å². The minimum absolute atomic E-state index is 0.218. The van der Waals surface area contributed by atoms with E-state index in [-0.39, 0.29) is 6.42 Å². The second kappa shape index (κ2) is 11.2. The van der Waals surface area contributed by atoms with Crippen LogP contribution in [0.15, 0.2) is 0 Å². The number of carbonyl (C=O) groups is 3. The van der Waals surface area contributed by atoms with Gasteiger partial charge in [-0.1, -0.05) is 0 Å². The van der Waals surface area contributed by atoms with Crippen LogP contribution in [0.1, 0.15) is 54.4 Å². The number of rotatable bonds is 7. The number of hydrogen-bond acceptors (Lipinski definition) is 11. The lowest BCUT2D eigenvalue weighted by Crippen LogP contribution is -2.59. The van der Waals surface area contributed by atoms with Gasteiger partial charge in [0.2, 0.25) is 6.29 Å². The van der Waals surface area contributed by atoms with E-state index in [1.54, 1.807) is 41.5 Å². The Labute approximate surface area is 186 Å². The Morgan fingerprint density at radius 2 is 1.50 bits per heavy atom. The van der Waals surface area contributed by atoms with Crippen LogP contribution in [-0.4, -0.2) is 93.0 Å². The maximum absolute atomic E-state index is 12.5. The van der Waals surface area contributed by atoms with Crippen molar-refractivity contribution in [2.75, 3.05) is 6.61 Å². The Morgan fingerprint density at radius 1 is 0.938 bits per heavy atom. The predicted octanol–water partition coefficient (Wildman–Crippen LogP) is -0.655. The number of carbonyl (C=O) groups excluding carboxylic acids is 3. The van der Waals surface area contributed by atoms with Gasteiger partial charge < -0.3 is 44.7 Å². The van der Waals surface area contributed by atoms with E-state index >= 15 is 0 Å². The summed E-state index contributed by atoms with van der Waals surface area (Å²) >= 11 is 0. The lowest BCUT2D eigenvalue weighted by molar-refractivity contribution is -0.292. The predicted molar refractivity (Wildman–Crippen MR) is 108 cm³/mol. The van der Waals surface area contributed by atoms with E-state index in [0.717, 1.165) is 0 Å². The van der Waals surface area contributed by atoms with Gasteiger partial charge in [-0.2, -0.15) is 0 Å². The monoisotopic (exact) mass is 465 g/mol. The van der Waals surface area contributed by atoms with Gasteiger partial charge >= 0.3 is 18.0 Å². The van der Waals surface area contributed by atoms with Gasteiger partial charge in [-0.05, 0) is 48.0 Å². The molecule has 1 saturated heterocycles. The topological polar surface area (TPSA) is 181 Å². The number of ether oxygens (including phenoxy) is 4. The first-order valence-electron chi connectivity index (χ1n) is 10.3. The molecule has 12 heteroatoms. The molecular weight excluding hydrogens is 430 g/mol. The third kappa shape index (κ3) is 9.25. The van der Waals surface area contributed by atoms with E-state index in [4.69, 9.17) is 18.9 Å². The molecule has 0 bridgehead atoms. The highest BCUT2D eigenvalue weighted by atomic mass is 16.7. The van der Waals surface area contributed by atoms with Gasteiger partial charge in [0.25, 0.3) is 0 Å². The molecule has 1 aliphatic heterocycles. The summed E-state index contributed by atoms with van der Waals surface area (Å²) in [6.07, 6.45) is -9.43.